The van der Waals surface area contributed by atoms with Gasteiger partial charge in [-0.05, 0) is 17.7 Å². The van der Waals surface area contributed by atoms with Crippen molar-refractivity contribution in [2.24, 2.45) is 4.99 Å². The van der Waals surface area contributed by atoms with Crippen molar-refractivity contribution in [2.75, 3.05) is 0 Å². The summed E-state index contributed by atoms with van der Waals surface area (Å²) >= 11 is 0. The molecule has 0 fully saturated rings. The zero-order chi connectivity index (χ0) is 22.1. The largest absolute Gasteiger partial charge is 0.422 e. The number of hydrogen-bond acceptors (Lipinski definition) is 8. The smallest absolute Gasteiger partial charge is 0.340 e. The van der Waals surface area contributed by atoms with Crippen molar-refractivity contribution in [1.82, 2.24) is 29.1 Å². The molecule has 3 heterocycles. The van der Waals surface area contributed by atoms with Gasteiger partial charge in [0.25, 0.3) is 0 Å². The number of hydrogen-bond donors (Lipinski definition) is 4. The number of rotatable bonds is 4. The average molecular weight is 425 g/mol. The van der Waals surface area contributed by atoms with Gasteiger partial charge in [0, 0.05) is 18.3 Å². The molecule has 0 aliphatic carbocycles. The first-order valence-electron chi connectivity index (χ1n) is 8.48. The maximum atomic E-state index is 11.8. The molecule has 156 valence electrons. The van der Waals surface area contributed by atoms with Gasteiger partial charge in [0.05, 0.1) is 5.69 Å². The molecule has 0 bridgehead atoms. The van der Waals surface area contributed by atoms with Crippen LogP contribution in [-0.2, 0) is 0 Å². The molecular formula is C17H11N7O7. The summed E-state index contributed by atoms with van der Waals surface area (Å²) in [7, 11) is 0. The molecule has 0 aliphatic rings. The Morgan fingerprint density at radius 1 is 0.677 bits per heavy atom. The molecular weight excluding hydrogens is 414 g/mol. The molecule has 3 aromatic heterocycles. The number of nitrogens with zero attached hydrogens (tertiary/aromatic N) is 3. The van der Waals surface area contributed by atoms with Crippen molar-refractivity contribution >= 4 is 12.1 Å². The Morgan fingerprint density at radius 2 is 1.19 bits per heavy atom. The minimum atomic E-state index is -0.971. The maximum absolute atomic E-state index is 11.8. The van der Waals surface area contributed by atoms with Gasteiger partial charge in [-0.2, -0.15) is 4.57 Å². The van der Waals surface area contributed by atoms with Crippen molar-refractivity contribution < 1.29 is 4.42 Å². The van der Waals surface area contributed by atoms with Crippen LogP contribution in [0.3, 0.4) is 0 Å². The van der Waals surface area contributed by atoms with E-state index in [1.165, 1.54) is 30.5 Å². The summed E-state index contributed by atoms with van der Waals surface area (Å²) in [5.74, 6) is -0.0912. The zero-order valence-corrected chi connectivity index (χ0v) is 15.2. The molecule has 4 N–H and O–H groups in total. The quantitative estimate of drug-likeness (QED) is 0.273. The van der Waals surface area contributed by atoms with E-state index < -0.39 is 34.1 Å². The minimum Gasteiger partial charge on any atom is -0.422 e. The highest BCUT2D eigenvalue weighted by Crippen LogP contribution is 2.18. The third-order valence-electron chi connectivity index (χ3n) is 3.98. The van der Waals surface area contributed by atoms with Gasteiger partial charge in [0.15, 0.2) is 0 Å². The van der Waals surface area contributed by atoms with E-state index in [0.29, 0.717) is 10.1 Å². The number of H-pyrrole nitrogens is 4. The van der Waals surface area contributed by atoms with Crippen LogP contribution < -0.4 is 34.1 Å². The lowest BCUT2D eigenvalue weighted by atomic mass is 10.2. The standard InChI is InChI=1S/C17H11N7O7/c25-12-19-14(27)23(15(28)20-12)9-3-1-8(2-4-9)7-18-10-5-6-11(31-10)24-16(29)21-13(26)22-17(24)30/h1-7H,(H2,19,20,25,27,28)(H2,21,22,26,29,30). The summed E-state index contributed by atoms with van der Waals surface area (Å²) in [6, 6.07) is 8.75. The summed E-state index contributed by atoms with van der Waals surface area (Å²) in [5.41, 5.74) is -4.77. The van der Waals surface area contributed by atoms with Crippen LogP contribution in [0.5, 0.6) is 0 Å². The van der Waals surface area contributed by atoms with Crippen LogP contribution in [0.1, 0.15) is 5.56 Å². The highest BCUT2D eigenvalue weighted by molar-refractivity contribution is 5.81. The molecule has 0 spiro atoms. The van der Waals surface area contributed by atoms with Crippen molar-refractivity contribution in [2.45, 2.75) is 0 Å². The SMILES string of the molecule is O=c1[nH]c(=O)n(-c2ccc(C=Nc3ccc(-n4c(=O)[nH]c(=O)[nH]c4=O)o3)cc2)c(=O)[nH]1. The molecule has 4 rings (SSSR count). The van der Waals surface area contributed by atoms with Crippen molar-refractivity contribution in [3.63, 3.8) is 0 Å². The lowest BCUT2D eigenvalue weighted by Gasteiger charge is -2.03. The second-order valence-electron chi connectivity index (χ2n) is 6.01. The van der Waals surface area contributed by atoms with Crippen LogP contribution in [0.25, 0.3) is 11.6 Å². The fourth-order valence-electron chi connectivity index (χ4n) is 2.65. The second kappa shape index (κ2) is 7.43. The first kappa shape index (κ1) is 19.3. The first-order valence-corrected chi connectivity index (χ1v) is 8.48. The molecule has 0 amide bonds. The summed E-state index contributed by atoms with van der Waals surface area (Å²) in [4.78, 5) is 81.2. The Hall–Kier alpha value is -5.01. The highest BCUT2D eigenvalue weighted by atomic mass is 16.4. The van der Waals surface area contributed by atoms with Crippen molar-refractivity contribution in [1.29, 1.82) is 0 Å². The Kier molecular flexibility index (Phi) is 4.63. The lowest BCUT2D eigenvalue weighted by molar-refractivity contribution is 0.529. The summed E-state index contributed by atoms with van der Waals surface area (Å²) in [5, 5.41) is 0. The minimum absolute atomic E-state index is 0.0601. The highest BCUT2D eigenvalue weighted by Gasteiger charge is 2.10. The zero-order valence-electron chi connectivity index (χ0n) is 15.2. The molecule has 0 aliphatic heterocycles. The summed E-state index contributed by atoms with van der Waals surface area (Å²) < 4.78 is 6.67. The molecule has 0 radical (unpaired) electrons. The molecule has 1 aromatic carbocycles. The third-order valence-corrected chi connectivity index (χ3v) is 3.98. The van der Waals surface area contributed by atoms with E-state index in [1.54, 1.807) is 12.1 Å². The molecule has 31 heavy (non-hydrogen) atoms. The van der Waals surface area contributed by atoms with Crippen LogP contribution in [0.15, 0.2) is 74.6 Å². The monoisotopic (exact) mass is 425 g/mol. The van der Waals surface area contributed by atoms with Crippen molar-refractivity contribution in [3.05, 3.63) is 105 Å². The normalized spacial score (nSPS) is 11.2. The van der Waals surface area contributed by atoms with Gasteiger partial charge in [-0.3, -0.25) is 19.9 Å². The van der Waals surface area contributed by atoms with Gasteiger partial charge in [-0.1, -0.05) is 12.1 Å². The molecule has 0 atom stereocenters. The molecule has 14 heteroatoms. The van der Waals surface area contributed by atoms with Crippen molar-refractivity contribution in [3.8, 4) is 11.6 Å². The fraction of sp³-hybridized carbons (Fsp3) is 0. The van der Waals surface area contributed by atoms with E-state index in [2.05, 4.69) is 4.99 Å². The summed E-state index contributed by atoms with van der Waals surface area (Å²) in [6.07, 6.45) is 1.39. The van der Waals surface area contributed by atoms with E-state index in [1.807, 2.05) is 19.9 Å². The molecule has 0 saturated carbocycles. The van der Waals surface area contributed by atoms with Gasteiger partial charge in [0.1, 0.15) is 0 Å². The molecule has 0 saturated heterocycles. The average Bonchev–Trinajstić information content (AvgIpc) is 3.14. The van der Waals surface area contributed by atoms with Gasteiger partial charge >= 0.3 is 34.1 Å². The Balaban J connectivity index is 1.60. The van der Waals surface area contributed by atoms with Gasteiger partial charge in [-0.15, -0.1) is 0 Å². The number of aromatic amines is 4. The number of aromatic nitrogens is 6. The predicted molar refractivity (Wildman–Crippen MR) is 106 cm³/mol. The number of furan rings is 1. The van der Waals surface area contributed by atoms with E-state index in [9.17, 15) is 28.8 Å². The maximum Gasteiger partial charge on any atom is 0.340 e. The number of benzene rings is 1. The summed E-state index contributed by atoms with van der Waals surface area (Å²) in [6.45, 7) is 0. The number of aliphatic imine (C=N–C) groups is 1. The second-order valence-corrected chi connectivity index (χ2v) is 6.01. The third kappa shape index (κ3) is 3.80. The van der Waals surface area contributed by atoms with Crippen LogP contribution >= 0.6 is 0 Å². The van der Waals surface area contributed by atoms with Crippen LogP contribution in [0.2, 0.25) is 0 Å². The predicted octanol–water partition coefficient (Wildman–Crippen LogP) is -1.91. The Labute approximate surface area is 167 Å². The fourth-order valence-corrected chi connectivity index (χ4v) is 2.65. The first-order chi connectivity index (χ1) is 14.8. The molecule has 0 unspecified atom stereocenters. The number of nitrogens with one attached hydrogen (secondary N) is 4. The van der Waals surface area contributed by atoms with E-state index in [0.717, 1.165) is 4.57 Å². The van der Waals surface area contributed by atoms with Crippen LogP contribution in [0.4, 0.5) is 5.88 Å². The Bertz CT molecular complexity index is 1590. The van der Waals surface area contributed by atoms with E-state index in [-0.39, 0.29) is 17.5 Å². The Morgan fingerprint density at radius 3 is 1.74 bits per heavy atom. The van der Waals surface area contributed by atoms with E-state index >= 15 is 0 Å². The van der Waals surface area contributed by atoms with E-state index in [4.69, 9.17) is 4.42 Å². The topological polar surface area (TPSA) is 201 Å². The van der Waals surface area contributed by atoms with Crippen LogP contribution in [-0.4, -0.2) is 35.3 Å². The van der Waals surface area contributed by atoms with Crippen LogP contribution in [0, 0.1) is 0 Å². The van der Waals surface area contributed by atoms with Gasteiger partial charge in [0.2, 0.25) is 11.8 Å². The van der Waals surface area contributed by atoms with Gasteiger partial charge < -0.3 is 4.42 Å². The lowest BCUT2D eigenvalue weighted by Crippen LogP contribution is -2.42. The molecule has 14 nitrogen and oxygen atoms in total. The molecule has 4 aromatic rings. The van der Waals surface area contributed by atoms with Gasteiger partial charge in [-0.25, -0.2) is 38.3 Å².